The molecule has 0 saturated heterocycles. The summed E-state index contributed by atoms with van der Waals surface area (Å²) in [6.07, 6.45) is 3.09. The molecule has 3 heterocycles. The molecule has 0 aliphatic rings. The third-order valence-corrected chi connectivity index (χ3v) is 4.62. The zero-order valence-corrected chi connectivity index (χ0v) is 13.7. The number of rotatable bonds is 5. The molecule has 0 fully saturated rings. The van der Waals surface area contributed by atoms with E-state index in [0.717, 1.165) is 21.3 Å². The Bertz CT molecular complexity index is 1030. The highest BCUT2D eigenvalue weighted by Gasteiger charge is 2.16. The number of ether oxygens (including phenoxy) is 1. The lowest BCUT2D eigenvalue weighted by Crippen LogP contribution is -2.12. The van der Waals surface area contributed by atoms with E-state index in [1.807, 2.05) is 5.38 Å². The Morgan fingerprint density at radius 3 is 2.80 bits per heavy atom. The summed E-state index contributed by atoms with van der Waals surface area (Å²) >= 11 is 1.44. The maximum atomic E-state index is 13.2. The van der Waals surface area contributed by atoms with E-state index in [2.05, 4.69) is 15.0 Å². The fraction of sp³-hybridized carbons (Fsp3) is 0.0556. The van der Waals surface area contributed by atoms with Crippen LogP contribution in [-0.2, 0) is 0 Å². The third-order valence-electron chi connectivity index (χ3n) is 3.73. The minimum Gasteiger partial charge on any atom is -0.469 e. The van der Waals surface area contributed by atoms with Crippen molar-refractivity contribution < 1.29 is 13.9 Å². The number of hydrogen-bond acceptors (Lipinski definition) is 5. The van der Waals surface area contributed by atoms with Gasteiger partial charge >= 0.3 is 0 Å². The summed E-state index contributed by atoms with van der Waals surface area (Å²) in [6, 6.07) is 9.63. The minimum absolute atomic E-state index is 0.134. The Morgan fingerprint density at radius 1 is 1.20 bits per heavy atom. The number of nitrogens with one attached hydrogen (secondary N) is 1. The number of benzene rings is 1. The van der Waals surface area contributed by atoms with Crippen molar-refractivity contribution in [3.8, 4) is 17.0 Å². The van der Waals surface area contributed by atoms with Gasteiger partial charge in [-0.05, 0) is 29.8 Å². The predicted octanol–water partition coefficient (Wildman–Crippen LogP) is 4.09. The summed E-state index contributed by atoms with van der Waals surface area (Å²) in [6.45, 7) is -0.134. The molecule has 25 heavy (non-hydrogen) atoms. The smallest absolute Gasteiger partial charge is 0.226 e. The Balaban J connectivity index is 1.68. The van der Waals surface area contributed by atoms with Crippen LogP contribution in [0.5, 0.6) is 5.88 Å². The van der Waals surface area contributed by atoms with E-state index < -0.39 is 0 Å². The number of halogens is 1. The first-order valence-electron chi connectivity index (χ1n) is 7.50. The average Bonchev–Trinajstić information content (AvgIpc) is 3.30. The molecule has 0 amide bonds. The molecule has 4 aromatic rings. The molecule has 0 unspecified atom stereocenters. The van der Waals surface area contributed by atoms with Crippen molar-refractivity contribution in [2.75, 3.05) is 6.61 Å². The van der Waals surface area contributed by atoms with E-state index in [4.69, 9.17) is 4.74 Å². The van der Waals surface area contributed by atoms with Gasteiger partial charge in [0.15, 0.2) is 6.61 Å². The van der Waals surface area contributed by atoms with Crippen molar-refractivity contribution in [1.82, 2.24) is 15.0 Å². The fourth-order valence-corrected chi connectivity index (χ4v) is 3.42. The van der Waals surface area contributed by atoms with Gasteiger partial charge in [0.1, 0.15) is 17.0 Å². The molecule has 0 bridgehead atoms. The summed E-state index contributed by atoms with van der Waals surface area (Å²) in [5.74, 6) is -0.131. The number of thiophene rings is 1. The molecule has 0 spiro atoms. The molecule has 1 N–H and O–H groups in total. The van der Waals surface area contributed by atoms with E-state index in [9.17, 15) is 9.18 Å². The van der Waals surface area contributed by atoms with Crippen molar-refractivity contribution in [1.29, 1.82) is 0 Å². The molecule has 0 saturated carbocycles. The Morgan fingerprint density at radius 2 is 2.04 bits per heavy atom. The zero-order chi connectivity index (χ0) is 17.2. The maximum absolute atomic E-state index is 13.2. The van der Waals surface area contributed by atoms with E-state index in [1.54, 1.807) is 30.5 Å². The first-order chi connectivity index (χ1) is 12.2. The van der Waals surface area contributed by atoms with Gasteiger partial charge in [-0.1, -0.05) is 12.1 Å². The number of ketones is 1. The van der Waals surface area contributed by atoms with Crippen molar-refractivity contribution in [3.05, 3.63) is 65.8 Å². The van der Waals surface area contributed by atoms with Crippen molar-refractivity contribution in [3.63, 3.8) is 0 Å². The number of Topliss-reactive ketones (excluding diaryl/α,β-unsaturated/α-hetero) is 1. The lowest BCUT2D eigenvalue weighted by molar-refractivity contribution is 0.0915. The molecule has 124 valence electrons. The van der Waals surface area contributed by atoms with E-state index >= 15 is 0 Å². The molecule has 0 aliphatic heterocycles. The topological polar surface area (TPSA) is 67.9 Å². The SMILES string of the molecule is O=C(COc1ncnc2scc(-c3ccc(F)cc3)c12)c1ccc[nH]1. The Labute approximate surface area is 146 Å². The quantitative estimate of drug-likeness (QED) is 0.549. The van der Waals surface area contributed by atoms with Gasteiger partial charge in [-0.3, -0.25) is 4.79 Å². The van der Waals surface area contributed by atoms with Gasteiger partial charge in [-0.2, -0.15) is 0 Å². The number of aromatic amines is 1. The van der Waals surface area contributed by atoms with Crippen LogP contribution in [-0.4, -0.2) is 27.3 Å². The van der Waals surface area contributed by atoms with Gasteiger partial charge in [-0.15, -0.1) is 11.3 Å². The normalized spacial score (nSPS) is 10.9. The second-order valence-corrected chi connectivity index (χ2v) is 6.17. The highest BCUT2D eigenvalue weighted by atomic mass is 32.1. The number of carbonyl (C=O) groups excluding carboxylic acids is 1. The number of hydrogen-bond donors (Lipinski definition) is 1. The molecule has 0 radical (unpaired) electrons. The second-order valence-electron chi connectivity index (χ2n) is 5.31. The van der Waals surface area contributed by atoms with E-state index in [1.165, 1.54) is 29.8 Å². The molecule has 0 aliphatic carbocycles. The number of carbonyl (C=O) groups is 1. The molecule has 3 aromatic heterocycles. The molecular formula is C18H12FN3O2S. The van der Waals surface area contributed by atoms with Gasteiger partial charge in [0.05, 0.1) is 11.1 Å². The first kappa shape index (κ1) is 15.5. The molecule has 0 atom stereocenters. The largest absolute Gasteiger partial charge is 0.469 e. The summed E-state index contributed by atoms with van der Waals surface area (Å²) in [7, 11) is 0. The number of H-pyrrole nitrogens is 1. The van der Waals surface area contributed by atoms with E-state index in [0.29, 0.717) is 11.6 Å². The van der Waals surface area contributed by atoms with Crippen LogP contribution < -0.4 is 4.74 Å². The lowest BCUT2D eigenvalue weighted by atomic mass is 10.1. The maximum Gasteiger partial charge on any atom is 0.226 e. The highest BCUT2D eigenvalue weighted by molar-refractivity contribution is 7.17. The van der Waals surface area contributed by atoms with Crippen LogP contribution in [0.2, 0.25) is 0 Å². The van der Waals surface area contributed by atoms with Gasteiger partial charge < -0.3 is 9.72 Å². The summed E-state index contributed by atoms with van der Waals surface area (Å²) in [5, 5.41) is 2.64. The van der Waals surface area contributed by atoms with Gasteiger partial charge in [0.25, 0.3) is 0 Å². The highest BCUT2D eigenvalue weighted by Crippen LogP contribution is 2.37. The Kier molecular flexibility index (Phi) is 3.99. The fourth-order valence-electron chi connectivity index (χ4n) is 2.51. The number of fused-ring (bicyclic) bond motifs is 1. The molecule has 4 rings (SSSR count). The number of aromatic nitrogens is 3. The van der Waals surface area contributed by atoms with Crippen LogP contribution in [0, 0.1) is 5.82 Å². The molecule has 1 aromatic carbocycles. The first-order valence-corrected chi connectivity index (χ1v) is 8.38. The van der Waals surface area contributed by atoms with Crippen LogP contribution in [0.1, 0.15) is 10.5 Å². The van der Waals surface area contributed by atoms with Gasteiger partial charge in [0.2, 0.25) is 11.7 Å². The van der Waals surface area contributed by atoms with Gasteiger partial charge in [0, 0.05) is 17.1 Å². The van der Waals surface area contributed by atoms with Crippen LogP contribution in [0.4, 0.5) is 4.39 Å². The van der Waals surface area contributed by atoms with Gasteiger partial charge in [-0.25, -0.2) is 14.4 Å². The van der Waals surface area contributed by atoms with Crippen LogP contribution in [0.3, 0.4) is 0 Å². The second kappa shape index (κ2) is 6.45. The summed E-state index contributed by atoms with van der Waals surface area (Å²) in [5.41, 5.74) is 2.17. The zero-order valence-electron chi connectivity index (χ0n) is 12.9. The summed E-state index contributed by atoms with van der Waals surface area (Å²) < 4.78 is 18.8. The minimum atomic E-state index is -0.299. The molecular weight excluding hydrogens is 341 g/mol. The predicted molar refractivity (Wildman–Crippen MR) is 93.4 cm³/mol. The lowest BCUT2D eigenvalue weighted by Gasteiger charge is -2.07. The molecule has 7 heteroatoms. The standard InChI is InChI=1S/C18H12FN3O2S/c19-12-5-3-11(4-6-12)13-9-25-18-16(13)17(21-10-22-18)24-8-15(23)14-2-1-7-20-14/h1-7,9-10,20H,8H2. The van der Waals surface area contributed by atoms with Crippen molar-refractivity contribution >= 4 is 27.3 Å². The average molecular weight is 353 g/mol. The van der Waals surface area contributed by atoms with Crippen LogP contribution in [0.15, 0.2) is 54.3 Å². The van der Waals surface area contributed by atoms with Crippen molar-refractivity contribution in [2.24, 2.45) is 0 Å². The number of nitrogens with zero attached hydrogens (tertiary/aromatic N) is 2. The Hall–Kier alpha value is -3.06. The monoisotopic (exact) mass is 353 g/mol. The molecule has 5 nitrogen and oxygen atoms in total. The summed E-state index contributed by atoms with van der Waals surface area (Å²) in [4.78, 5) is 24.1. The van der Waals surface area contributed by atoms with Crippen LogP contribution >= 0.6 is 11.3 Å². The van der Waals surface area contributed by atoms with E-state index in [-0.39, 0.29) is 18.2 Å². The third kappa shape index (κ3) is 3.01. The van der Waals surface area contributed by atoms with Crippen molar-refractivity contribution in [2.45, 2.75) is 0 Å². The van der Waals surface area contributed by atoms with Crippen LogP contribution in [0.25, 0.3) is 21.3 Å².